The molecule has 0 aliphatic rings. The van der Waals surface area contributed by atoms with Gasteiger partial charge < -0.3 is 10.1 Å². The summed E-state index contributed by atoms with van der Waals surface area (Å²) in [5, 5.41) is 2.67. The molecule has 2 aromatic carbocycles. The molecule has 2 aromatic rings. The predicted molar refractivity (Wildman–Crippen MR) is 95.6 cm³/mol. The van der Waals surface area contributed by atoms with Crippen LogP contribution >= 0.6 is 0 Å². The van der Waals surface area contributed by atoms with E-state index in [4.69, 9.17) is 4.74 Å². The number of halogens is 1. The Morgan fingerprint density at radius 3 is 2.38 bits per heavy atom. The Balaban J connectivity index is 1.87. The van der Waals surface area contributed by atoms with E-state index in [1.165, 1.54) is 24.3 Å². The van der Waals surface area contributed by atoms with Gasteiger partial charge in [0.15, 0.2) is 5.78 Å². The molecule has 1 amide bonds. The van der Waals surface area contributed by atoms with E-state index in [9.17, 15) is 18.8 Å². The quantitative estimate of drug-likeness (QED) is 0.573. The standard InChI is InChI=1S/C20H20FNO4/c1-2-26-20(25)16-6-3-4-7-17(16)22-19(24)9-5-8-18(23)14-10-12-15(21)13-11-14/h3-4,6-7,10-13H,2,5,8-9H2,1H3,(H,22,24). The number of hydrogen-bond acceptors (Lipinski definition) is 4. The van der Waals surface area contributed by atoms with Gasteiger partial charge in [-0.15, -0.1) is 0 Å². The van der Waals surface area contributed by atoms with Gasteiger partial charge in [0.25, 0.3) is 0 Å². The normalized spacial score (nSPS) is 10.2. The van der Waals surface area contributed by atoms with Crippen LogP contribution in [0.25, 0.3) is 0 Å². The first-order valence-electron chi connectivity index (χ1n) is 8.36. The van der Waals surface area contributed by atoms with E-state index in [2.05, 4.69) is 5.32 Å². The lowest BCUT2D eigenvalue weighted by molar-refractivity contribution is -0.116. The van der Waals surface area contributed by atoms with Gasteiger partial charge >= 0.3 is 5.97 Å². The number of ether oxygens (including phenoxy) is 1. The SMILES string of the molecule is CCOC(=O)c1ccccc1NC(=O)CCCC(=O)c1ccc(F)cc1. The fourth-order valence-corrected chi connectivity index (χ4v) is 2.38. The fourth-order valence-electron chi connectivity index (χ4n) is 2.38. The van der Waals surface area contributed by atoms with Crippen molar-refractivity contribution in [2.75, 3.05) is 11.9 Å². The van der Waals surface area contributed by atoms with Gasteiger partial charge in [-0.2, -0.15) is 0 Å². The molecule has 2 rings (SSSR count). The second kappa shape index (κ2) is 9.46. The number of carbonyl (C=O) groups is 3. The van der Waals surface area contributed by atoms with Gasteiger partial charge in [0.2, 0.25) is 5.91 Å². The second-order valence-corrected chi connectivity index (χ2v) is 5.60. The smallest absolute Gasteiger partial charge is 0.340 e. The van der Waals surface area contributed by atoms with Crippen molar-refractivity contribution in [1.82, 2.24) is 0 Å². The summed E-state index contributed by atoms with van der Waals surface area (Å²) < 4.78 is 17.8. The highest BCUT2D eigenvalue weighted by Gasteiger charge is 2.14. The van der Waals surface area contributed by atoms with Crippen LogP contribution in [0.2, 0.25) is 0 Å². The highest BCUT2D eigenvalue weighted by molar-refractivity contribution is 6.01. The van der Waals surface area contributed by atoms with E-state index in [1.807, 2.05) is 0 Å². The van der Waals surface area contributed by atoms with Gasteiger partial charge in [-0.25, -0.2) is 9.18 Å². The van der Waals surface area contributed by atoms with Crippen LogP contribution in [0, 0.1) is 5.82 Å². The third kappa shape index (κ3) is 5.51. The summed E-state index contributed by atoms with van der Waals surface area (Å²) in [5.41, 5.74) is 1.07. The number of carbonyl (C=O) groups excluding carboxylic acids is 3. The third-order valence-corrected chi connectivity index (χ3v) is 3.67. The molecule has 26 heavy (non-hydrogen) atoms. The number of nitrogens with one attached hydrogen (secondary N) is 1. The molecule has 0 heterocycles. The number of benzene rings is 2. The van der Waals surface area contributed by atoms with Crippen molar-refractivity contribution in [3.05, 3.63) is 65.5 Å². The minimum absolute atomic E-state index is 0.129. The number of para-hydroxylation sites is 1. The van der Waals surface area contributed by atoms with Crippen LogP contribution in [0.3, 0.4) is 0 Å². The van der Waals surface area contributed by atoms with Gasteiger partial charge in [0.05, 0.1) is 17.9 Å². The van der Waals surface area contributed by atoms with Crippen molar-refractivity contribution >= 4 is 23.3 Å². The summed E-state index contributed by atoms with van der Waals surface area (Å²) in [6.07, 6.45) is 0.659. The van der Waals surface area contributed by atoms with E-state index in [0.29, 0.717) is 17.7 Å². The molecule has 0 atom stereocenters. The molecule has 6 heteroatoms. The van der Waals surface area contributed by atoms with Crippen molar-refractivity contribution in [2.24, 2.45) is 0 Å². The van der Waals surface area contributed by atoms with Crippen molar-refractivity contribution in [3.63, 3.8) is 0 Å². The van der Waals surface area contributed by atoms with Crippen LogP contribution in [0.1, 0.15) is 46.9 Å². The number of esters is 1. The lowest BCUT2D eigenvalue weighted by Crippen LogP contribution is -2.16. The summed E-state index contributed by atoms with van der Waals surface area (Å²) in [5.74, 6) is -1.35. The predicted octanol–water partition coefficient (Wildman–Crippen LogP) is 3.99. The Labute approximate surface area is 151 Å². The van der Waals surface area contributed by atoms with Crippen LogP contribution in [0.4, 0.5) is 10.1 Å². The minimum Gasteiger partial charge on any atom is -0.462 e. The first-order chi connectivity index (χ1) is 12.5. The molecule has 0 bridgehead atoms. The first-order valence-corrected chi connectivity index (χ1v) is 8.36. The number of ketones is 1. The van der Waals surface area contributed by atoms with E-state index in [0.717, 1.165) is 0 Å². The highest BCUT2D eigenvalue weighted by atomic mass is 19.1. The van der Waals surface area contributed by atoms with Crippen LogP contribution in [0.15, 0.2) is 48.5 Å². The molecule has 136 valence electrons. The maximum atomic E-state index is 12.9. The zero-order valence-corrected chi connectivity index (χ0v) is 14.5. The average Bonchev–Trinajstić information content (AvgIpc) is 2.62. The molecule has 0 fully saturated rings. The fraction of sp³-hybridized carbons (Fsp3) is 0.250. The molecule has 0 aromatic heterocycles. The molecule has 0 aliphatic heterocycles. The summed E-state index contributed by atoms with van der Waals surface area (Å²) in [4.78, 5) is 36.0. The maximum absolute atomic E-state index is 12.9. The number of amides is 1. The summed E-state index contributed by atoms with van der Waals surface area (Å²) in [6, 6.07) is 11.9. The van der Waals surface area contributed by atoms with E-state index in [-0.39, 0.29) is 36.7 Å². The molecule has 0 unspecified atom stereocenters. The lowest BCUT2D eigenvalue weighted by Gasteiger charge is -2.10. The number of rotatable bonds is 8. The largest absolute Gasteiger partial charge is 0.462 e. The van der Waals surface area contributed by atoms with E-state index >= 15 is 0 Å². The Morgan fingerprint density at radius 2 is 1.69 bits per heavy atom. The van der Waals surface area contributed by atoms with Gasteiger partial charge in [0, 0.05) is 18.4 Å². The van der Waals surface area contributed by atoms with Crippen molar-refractivity contribution in [3.8, 4) is 0 Å². The van der Waals surface area contributed by atoms with Crippen LogP contribution in [0.5, 0.6) is 0 Å². The van der Waals surface area contributed by atoms with Gasteiger partial charge in [-0.05, 0) is 49.7 Å². The molecular formula is C20H20FNO4. The molecule has 0 radical (unpaired) electrons. The Hall–Kier alpha value is -3.02. The Morgan fingerprint density at radius 1 is 1.00 bits per heavy atom. The lowest BCUT2D eigenvalue weighted by atomic mass is 10.1. The Kier molecular flexibility index (Phi) is 7.02. The monoisotopic (exact) mass is 357 g/mol. The van der Waals surface area contributed by atoms with Gasteiger partial charge in [-0.1, -0.05) is 12.1 Å². The molecule has 0 spiro atoms. The number of Topliss-reactive ketones (excluding diaryl/α,β-unsaturated/α-hetero) is 1. The summed E-state index contributed by atoms with van der Waals surface area (Å²) >= 11 is 0. The average molecular weight is 357 g/mol. The van der Waals surface area contributed by atoms with Gasteiger partial charge in [-0.3, -0.25) is 9.59 Å². The molecule has 0 saturated heterocycles. The molecular weight excluding hydrogens is 337 g/mol. The minimum atomic E-state index is -0.505. The number of anilines is 1. The zero-order chi connectivity index (χ0) is 18.9. The third-order valence-electron chi connectivity index (χ3n) is 3.67. The van der Waals surface area contributed by atoms with Crippen molar-refractivity contribution < 1.29 is 23.5 Å². The number of hydrogen-bond donors (Lipinski definition) is 1. The Bertz CT molecular complexity index is 787. The maximum Gasteiger partial charge on any atom is 0.340 e. The van der Waals surface area contributed by atoms with E-state index < -0.39 is 11.8 Å². The molecule has 5 nitrogen and oxygen atoms in total. The zero-order valence-electron chi connectivity index (χ0n) is 14.5. The molecule has 1 N–H and O–H groups in total. The van der Waals surface area contributed by atoms with E-state index in [1.54, 1.807) is 31.2 Å². The topological polar surface area (TPSA) is 72.5 Å². The molecule has 0 aliphatic carbocycles. The van der Waals surface area contributed by atoms with Crippen molar-refractivity contribution in [1.29, 1.82) is 0 Å². The van der Waals surface area contributed by atoms with Crippen molar-refractivity contribution in [2.45, 2.75) is 26.2 Å². The van der Waals surface area contributed by atoms with Gasteiger partial charge in [0.1, 0.15) is 5.82 Å². The van der Waals surface area contributed by atoms with Crippen LogP contribution in [-0.4, -0.2) is 24.3 Å². The summed E-state index contributed by atoms with van der Waals surface area (Å²) in [7, 11) is 0. The second-order valence-electron chi connectivity index (χ2n) is 5.60. The van der Waals surface area contributed by atoms with Crippen LogP contribution < -0.4 is 5.32 Å². The highest BCUT2D eigenvalue weighted by Crippen LogP contribution is 2.17. The summed E-state index contributed by atoms with van der Waals surface area (Å²) in [6.45, 7) is 1.95. The first kappa shape index (κ1) is 19.3. The van der Waals surface area contributed by atoms with Crippen LogP contribution in [-0.2, 0) is 9.53 Å². The molecule has 0 saturated carbocycles.